The lowest BCUT2D eigenvalue weighted by Crippen LogP contribution is -2.29. The fraction of sp³-hybridized carbons (Fsp3) is 0.641. The topological polar surface area (TPSA) is 140 Å². The van der Waals surface area contributed by atoms with Gasteiger partial charge in [-0.15, -0.1) is 0 Å². The van der Waals surface area contributed by atoms with Crippen LogP contribution in [0.3, 0.4) is 0 Å². The molecule has 2 atom stereocenters. The number of aliphatic hydroxyl groups is 1. The van der Waals surface area contributed by atoms with E-state index in [1.54, 1.807) is 6.08 Å². The van der Waals surface area contributed by atoms with E-state index in [0.29, 0.717) is 19.3 Å². The zero-order valence-electron chi connectivity index (χ0n) is 30.2. The molecule has 0 aromatic rings. The number of hydrogen-bond acceptors (Lipinski definition) is 7. The third-order valence-electron chi connectivity index (χ3n) is 7.33. The minimum atomic E-state index is -4.77. The molecule has 1 unspecified atom stereocenters. The second kappa shape index (κ2) is 33.9. The molecule has 0 bridgehead atoms. The maximum absolute atomic E-state index is 12.3. The molecule has 0 heterocycles. The number of allylic oxidation sites excluding steroid dienone is 10. The fourth-order valence-electron chi connectivity index (χ4n) is 4.60. The molecule has 0 aliphatic rings. The van der Waals surface area contributed by atoms with E-state index in [1.807, 2.05) is 48.6 Å². The summed E-state index contributed by atoms with van der Waals surface area (Å²) in [4.78, 5) is 42.6. The van der Waals surface area contributed by atoms with Gasteiger partial charge >= 0.3 is 19.8 Å². The van der Waals surface area contributed by atoms with E-state index in [0.717, 1.165) is 44.9 Å². The van der Waals surface area contributed by atoms with Crippen LogP contribution < -0.4 is 0 Å². The molecular formula is C39H65O9P. The molecule has 9 nitrogen and oxygen atoms in total. The molecule has 0 fully saturated rings. The summed E-state index contributed by atoms with van der Waals surface area (Å²) in [5, 5.41) is 9.80. The minimum Gasteiger partial charge on any atom is -0.462 e. The fourth-order valence-corrected chi connectivity index (χ4v) is 4.96. The first-order chi connectivity index (χ1) is 23.7. The Bertz CT molecular complexity index is 1040. The van der Waals surface area contributed by atoms with Gasteiger partial charge in [-0.3, -0.25) is 14.1 Å². The summed E-state index contributed by atoms with van der Waals surface area (Å²) in [5.74, 6) is -1.01. The van der Waals surface area contributed by atoms with Gasteiger partial charge in [-0.1, -0.05) is 151 Å². The monoisotopic (exact) mass is 708 g/mol. The van der Waals surface area contributed by atoms with Gasteiger partial charge in [-0.25, -0.2) is 4.57 Å². The van der Waals surface area contributed by atoms with Crippen LogP contribution in [0.15, 0.2) is 72.9 Å². The van der Waals surface area contributed by atoms with E-state index in [-0.39, 0.29) is 19.4 Å². The lowest BCUT2D eigenvalue weighted by Gasteiger charge is -2.18. The van der Waals surface area contributed by atoms with E-state index in [9.17, 15) is 19.3 Å². The van der Waals surface area contributed by atoms with Gasteiger partial charge in [0, 0.05) is 12.8 Å². The molecule has 0 aromatic carbocycles. The highest BCUT2D eigenvalue weighted by Gasteiger charge is 2.22. The Morgan fingerprint density at radius 3 is 1.82 bits per heavy atom. The Morgan fingerprint density at radius 1 is 0.653 bits per heavy atom. The quantitative estimate of drug-likeness (QED) is 0.0205. The normalized spacial score (nSPS) is 14.0. The number of ether oxygens (including phenoxy) is 2. The highest BCUT2D eigenvalue weighted by Crippen LogP contribution is 2.35. The van der Waals surface area contributed by atoms with Crippen molar-refractivity contribution in [3.63, 3.8) is 0 Å². The number of esters is 2. The van der Waals surface area contributed by atoms with Crippen LogP contribution in [0.1, 0.15) is 136 Å². The predicted molar refractivity (Wildman–Crippen MR) is 199 cm³/mol. The summed E-state index contributed by atoms with van der Waals surface area (Å²) in [7, 11) is -4.77. The van der Waals surface area contributed by atoms with E-state index in [2.05, 4.69) is 36.6 Å². The van der Waals surface area contributed by atoms with Gasteiger partial charge in [-0.05, 0) is 44.9 Å². The number of carbonyl (C=O) groups is 2. The van der Waals surface area contributed by atoms with Gasteiger partial charge in [0.05, 0.1) is 12.7 Å². The first-order valence-electron chi connectivity index (χ1n) is 18.3. The molecule has 0 spiro atoms. The Morgan fingerprint density at radius 2 is 1.22 bits per heavy atom. The van der Waals surface area contributed by atoms with Crippen molar-refractivity contribution in [2.24, 2.45) is 0 Å². The summed E-state index contributed by atoms with van der Waals surface area (Å²) >= 11 is 0. The van der Waals surface area contributed by atoms with Gasteiger partial charge in [0.25, 0.3) is 0 Å². The number of unbranched alkanes of at least 4 members (excludes halogenated alkanes) is 10. The van der Waals surface area contributed by atoms with Crippen molar-refractivity contribution < 1.29 is 43.0 Å². The molecule has 3 N–H and O–H groups in total. The lowest BCUT2D eigenvalue weighted by atomic mass is 10.1. The summed E-state index contributed by atoms with van der Waals surface area (Å²) in [5.41, 5.74) is 0. The first kappa shape index (κ1) is 46.5. The molecule has 0 saturated carbocycles. The van der Waals surface area contributed by atoms with Crippen molar-refractivity contribution in [3.8, 4) is 0 Å². The molecule has 0 saturated heterocycles. The second-order valence-electron chi connectivity index (χ2n) is 12.0. The van der Waals surface area contributed by atoms with Crippen molar-refractivity contribution in [1.29, 1.82) is 0 Å². The molecule has 49 heavy (non-hydrogen) atoms. The summed E-state index contributed by atoms with van der Waals surface area (Å²) in [6.07, 6.45) is 39.7. The summed E-state index contributed by atoms with van der Waals surface area (Å²) in [6.45, 7) is 3.37. The van der Waals surface area contributed by atoms with E-state index < -0.39 is 38.6 Å². The molecule has 0 rings (SSSR count). The number of phosphoric acid groups is 1. The smallest absolute Gasteiger partial charge is 0.462 e. The molecule has 0 aliphatic carbocycles. The van der Waals surface area contributed by atoms with Crippen LogP contribution in [-0.2, 0) is 28.2 Å². The van der Waals surface area contributed by atoms with E-state index in [4.69, 9.17) is 19.3 Å². The maximum Gasteiger partial charge on any atom is 0.469 e. The Labute approximate surface area is 296 Å². The van der Waals surface area contributed by atoms with Crippen molar-refractivity contribution >= 4 is 19.8 Å². The van der Waals surface area contributed by atoms with Crippen LogP contribution >= 0.6 is 7.82 Å². The van der Waals surface area contributed by atoms with Crippen molar-refractivity contribution in [2.75, 3.05) is 13.2 Å². The van der Waals surface area contributed by atoms with Crippen molar-refractivity contribution in [1.82, 2.24) is 0 Å². The summed E-state index contributed by atoms with van der Waals surface area (Å²) < 4.78 is 26.2. The number of phosphoric ester groups is 1. The average Bonchev–Trinajstić information content (AvgIpc) is 3.06. The van der Waals surface area contributed by atoms with Gasteiger partial charge in [0.15, 0.2) is 6.10 Å². The van der Waals surface area contributed by atoms with E-state index in [1.165, 1.54) is 44.9 Å². The number of aliphatic hydroxyl groups excluding tert-OH is 1. The molecule has 0 radical (unpaired) electrons. The van der Waals surface area contributed by atoms with Crippen molar-refractivity contribution in [2.45, 2.75) is 148 Å². The lowest BCUT2D eigenvalue weighted by molar-refractivity contribution is -0.161. The Kier molecular flexibility index (Phi) is 32.2. The number of carbonyl (C=O) groups excluding carboxylic acids is 2. The van der Waals surface area contributed by atoms with Crippen LogP contribution in [0.25, 0.3) is 0 Å². The van der Waals surface area contributed by atoms with Gasteiger partial charge in [-0.2, -0.15) is 0 Å². The van der Waals surface area contributed by atoms with Gasteiger partial charge in [0.2, 0.25) is 0 Å². The van der Waals surface area contributed by atoms with Crippen LogP contribution in [-0.4, -0.2) is 52.3 Å². The first-order valence-corrected chi connectivity index (χ1v) is 19.9. The maximum atomic E-state index is 12.3. The van der Waals surface area contributed by atoms with Crippen molar-refractivity contribution in [3.05, 3.63) is 72.9 Å². The Balaban J connectivity index is 4.16. The highest BCUT2D eigenvalue weighted by molar-refractivity contribution is 7.46. The van der Waals surface area contributed by atoms with Gasteiger partial charge < -0.3 is 24.4 Å². The largest absolute Gasteiger partial charge is 0.469 e. The molecule has 10 heteroatoms. The van der Waals surface area contributed by atoms with Crippen LogP contribution in [0.2, 0.25) is 0 Å². The molecular weight excluding hydrogens is 643 g/mol. The molecule has 0 amide bonds. The Hall–Kier alpha value is -2.55. The number of hydrogen-bond donors (Lipinski definition) is 3. The third-order valence-corrected chi connectivity index (χ3v) is 7.82. The van der Waals surface area contributed by atoms with Crippen LogP contribution in [0.5, 0.6) is 0 Å². The van der Waals surface area contributed by atoms with E-state index >= 15 is 0 Å². The predicted octanol–water partition coefficient (Wildman–Crippen LogP) is 9.70. The van der Waals surface area contributed by atoms with Gasteiger partial charge in [0.1, 0.15) is 6.61 Å². The standard InChI is InChI=1S/C39H65O9P/c1-3-5-7-8-9-10-14-19-22-25-29-33-39(42)48-37(35-47-49(43,44)45)34-46-38(41)32-28-24-21-18-16-13-11-12-15-17-20-23-27-31-36(40)30-26-6-4-2/h6,12-13,15-16,20-21,23-24,26-27,31,36-37,40H,3-5,7-11,14,17-19,22,25,28-30,32-35H2,1-2H3,(H2,43,44,45)/b15-12-,16-13-,23-20+,24-21-,26-6-,31-27+/t36?,37-/m1/s1. The number of rotatable bonds is 32. The molecule has 0 aliphatic heterocycles. The SMILES string of the molecule is CC/C=C\CC(O)/C=C/C=C/C/C=C\C/C=C\C/C=C\CCC(=O)OC[C@H](COP(=O)(O)O)OC(=O)CCCCCCCCCCCCC. The molecule has 0 aromatic heterocycles. The average molecular weight is 709 g/mol. The second-order valence-corrected chi connectivity index (χ2v) is 13.3. The zero-order chi connectivity index (χ0) is 36.3. The molecule has 280 valence electrons. The summed E-state index contributed by atoms with van der Waals surface area (Å²) in [6, 6.07) is 0. The third kappa shape index (κ3) is 36.6. The minimum absolute atomic E-state index is 0.124. The van der Waals surface area contributed by atoms with Crippen LogP contribution in [0.4, 0.5) is 0 Å². The van der Waals surface area contributed by atoms with Crippen LogP contribution in [0, 0.1) is 0 Å². The highest BCUT2D eigenvalue weighted by atomic mass is 31.2. The zero-order valence-corrected chi connectivity index (χ0v) is 31.1.